The van der Waals surface area contributed by atoms with Crippen molar-refractivity contribution in [2.45, 2.75) is 25.9 Å². The molecule has 0 aromatic heterocycles. The van der Waals surface area contributed by atoms with Crippen LogP contribution < -0.4 is 5.32 Å². The van der Waals surface area contributed by atoms with Crippen LogP contribution in [0.5, 0.6) is 0 Å². The normalized spacial score (nSPS) is 17.3. The average Bonchev–Trinajstić information content (AvgIpc) is 3.40. The van der Waals surface area contributed by atoms with Crippen molar-refractivity contribution in [2.24, 2.45) is 0 Å². The van der Waals surface area contributed by atoms with Crippen molar-refractivity contribution in [2.75, 3.05) is 25.1 Å². The van der Waals surface area contributed by atoms with E-state index in [2.05, 4.69) is 21.2 Å². The van der Waals surface area contributed by atoms with Crippen molar-refractivity contribution in [3.63, 3.8) is 0 Å². The minimum Gasteiger partial charge on any atom is -0.452 e. The van der Waals surface area contributed by atoms with Crippen LogP contribution in [0.25, 0.3) is 0 Å². The molecule has 0 spiro atoms. The molecule has 2 heterocycles. The highest BCUT2D eigenvalue weighted by Gasteiger charge is 2.38. The van der Waals surface area contributed by atoms with E-state index < -0.39 is 30.3 Å². The summed E-state index contributed by atoms with van der Waals surface area (Å²) < 4.78 is 11.3. The number of nitrogens with zero attached hydrogens (tertiary/aromatic N) is 1. The highest BCUT2D eigenvalue weighted by Crippen LogP contribution is 2.31. The lowest BCUT2D eigenvalue weighted by atomic mass is 10.1. The summed E-state index contributed by atoms with van der Waals surface area (Å²) in [5, 5.41) is 3.11. The largest absolute Gasteiger partial charge is 0.452 e. The van der Waals surface area contributed by atoms with Crippen LogP contribution in [-0.4, -0.2) is 54.5 Å². The number of ether oxygens (including phenoxy) is 2. The van der Waals surface area contributed by atoms with Gasteiger partial charge in [-0.2, -0.15) is 0 Å². The molecule has 0 aliphatic carbocycles. The van der Waals surface area contributed by atoms with Gasteiger partial charge in [0.1, 0.15) is 0 Å². The first-order valence-corrected chi connectivity index (χ1v) is 11.5. The van der Waals surface area contributed by atoms with E-state index in [4.69, 9.17) is 21.1 Å². The third kappa shape index (κ3) is 4.80. The Morgan fingerprint density at radius 3 is 2.70 bits per heavy atom. The molecule has 1 N–H and O–H groups in total. The number of halogens is 2. The smallest absolute Gasteiger partial charge is 0.338 e. The second-order valence-corrected chi connectivity index (χ2v) is 9.01. The molecule has 10 heteroatoms. The third-order valence-electron chi connectivity index (χ3n) is 5.56. The Balaban J connectivity index is 1.39. The number of fused-ring (bicyclic) bond motifs is 1. The molecule has 8 nitrogen and oxygen atoms in total. The maximum Gasteiger partial charge on any atom is 0.338 e. The molecule has 0 unspecified atom stereocenters. The molecule has 1 atom stereocenters. The molecule has 1 fully saturated rings. The number of rotatable bonds is 6. The second-order valence-electron chi connectivity index (χ2n) is 7.77. The maximum atomic E-state index is 12.7. The SMILES string of the molecule is Cc1c(NC(=O)COC(=O)c2ccc3c(c2)C(=O)N(C[C@H]2CCCO2)C3=O)ccc(Br)c1Cl. The van der Waals surface area contributed by atoms with Crippen LogP contribution in [0, 0.1) is 6.92 Å². The Bertz CT molecular complexity index is 1160. The summed E-state index contributed by atoms with van der Waals surface area (Å²) in [5.41, 5.74) is 1.61. The predicted octanol–water partition coefficient (Wildman–Crippen LogP) is 3.98. The van der Waals surface area contributed by atoms with Crippen molar-refractivity contribution in [3.8, 4) is 0 Å². The van der Waals surface area contributed by atoms with E-state index >= 15 is 0 Å². The van der Waals surface area contributed by atoms with Gasteiger partial charge < -0.3 is 14.8 Å². The molecule has 0 radical (unpaired) electrons. The molecule has 2 aliphatic rings. The maximum absolute atomic E-state index is 12.7. The molecular formula is C23H20BrClN2O6. The number of benzene rings is 2. The molecule has 0 bridgehead atoms. The van der Waals surface area contributed by atoms with Crippen LogP contribution in [0.15, 0.2) is 34.8 Å². The first kappa shape index (κ1) is 23.4. The van der Waals surface area contributed by atoms with Crippen LogP contribution in [0.4, 0.5) is 5.69 Å². The van der Waals surface area contributed by atoms with Crippen LogP contribution in [0.3, 0.4) is 0 Å². The average molecular weight is 536 g/mol. The van der Waals surface area contributed by atoms with Gasteiger partial charge in [0.25, 0.3) is 17.7 Å². The summed E-state index contributed by atoms with van der Waals surface area (Å²) in [4.78, 5) is 51.2. The van der Waals surface area contributed by atoms with Crippen molar-refractivity contribution >= 4 is 56.9 Å². The summed E-state index contributed by atoms with van der Waals surface area (Å²) in [6, 6.07) is 7.52. The van der Waals surface area contributed by atoms with Crippen molar-refractivity contribution in [1.82, 2.24) is 4.90 Å². The van der Waals surface area contributed by atoms with Crippen LogP contribution in [-0.2, 0) is 14.3 Å². The number of carbonyl (C=O) groups is 4. The Labute approximate surface area is 203 Å². The fraction of sp³-hybridized carbons (Fsp3) is 0.304. The summed E-state index contributed by atoms with van der Waals surface area (Å²) in [6.07, 6.45) is 1.52. The third-order valence-corrected chi connectivity index (χ3v) is 6.94. The van der Waals surface area contributed by atoms with Crippen LogP contribution in [0.2, 0.25) is 5.02 Å². The molecule has 33 heavy (non-hydrogen) atoms. The summed E-state index contributed by atoms with van der Waals surface area (Å²) in [5.74, 6) is -2.20. The lowest BCUT2D eigenvalue weighted by Crippen LogP contribution is -2.36. The van der Waals surface area contributed by atoms with Gasteiger partial charge in [0, 0.05) is 16.8 Å². The second kappa shape index (κ2) is 9.62. The van der Waals surface area contributed by atoms with E-state index in [1.54, 1.807) is 19.1 Å². The molecule has 3 amide bonds. The Morgan fingerprint density at radius 2 is 1.97 bits per heavy atom. The topological polar surface area (TPSA) is 102 Å². The molecule has 2 aromatic rings. The molecule has 0 saturated carbocycles. The van der Waals surface area contributed by atoms with Gasteiger partial charge >= 0.3 is 5.97 Å². The van der Waals surface area contributed by atoms with Gasteiger partial charge in [-0.25, -0.2) is 4.79 Å². The molecular weight excluding hydrogens is 516 g/mol. The number of anilines is 1. The molecule has 172 valence electrons. The number of nitrogens with one attached hydrogen (secondary N) is 1. The van der Waals surface area contributed by atoms with Gasteiger partial charge in [0.15, 0.2) is 6.61 Å². The lowest BCUT2D eigenvalue weighted by Gasteiger charge is -2.17. The number of hydrogen-bond donors (Lipinski definition) is 1. The minimum atomic E-state index is -0.781. The van der Waals surface area contributed by atoms with E-state index in [0.717, 1.165) is 17.7 Å². The van der Waals surface area contributed by atoms with Gasteiger partial charge in [-0.05, 0) is 71.6 Å². The van der Waals surface area contributed by atoms with E-state index in [0.29, 0.717) is 27.4 Å². The van der Waals surface area contributed by atoms with E-state index in [-0.39, 0.29) is 29.3 Å². The quantitative estimate of drug-likeness (QED) is 0.443. The molecule has 2 aromatic carbocycles. The summed E-state index contributed by atoms with van der Waals surface area (Å²) in [7, 11) is 0. The first-order valence-electron chi connectivity index (χ1n) is 10.3. The number of hydrogen-bond acceptors (Lipinski definition) is 6. The van der Waals surface area contributed by atoms with Crippen molar-refractivity contribution < 1.29 is 28.7 Å². The van der Waals surface area contributed by atoms with Crippen molar-refractivity contribution in [3.05, 3.63) is 62.1 Å². The zero-order chi connectivity index (χ0) is 23.7. The fourth-order valence-corrected chi connectivity index (χ4v) is 4.36. The van der Waals surface area contributed by atoms with Gasteiger partial charge in [0.05, 0.1) is 34.4 Å². The van der Waals surface area contributed by atoms with Gasteiger partial charge in [-0.3, -0.25) is 19.3 Å². The summed E-state index contributed by atoms with van der Waals surface area (Å²) >= 11 is 9.46. The Hall–Kier alpha value is -2.75. The number of amides is 3. The minimum absolute atomic E-state index is 0.0736. The van der Waals surface area contributed by atoms with Crippen LogP contribution in [0.1, 0.15) is 49.5 Å². The molecule has 2 aliphatic heterocycles. The fourth-order valence-electron chi connectivity index (χ4n) is 3.76. The van der Waals surface area contributed by atoms with Crippen molar-refractivity contribution in [1.29, 1.82) is 0 Å². The Morgan fingerprint density at radius 1 is 1.21 bits per heavy atom. The van der Waals surface area contributed by atoms with E-state index in [9.17, 15) is 19.2 Å². The van der Waals surface area contributed by atoms with Crippen LogP contribution >= 0.6 is 27.5 Å². The molecule has 1 saturated heterocycles. The predicted molar refractivity (Wildman–Crippen MR) is 124 cm³/mol. The van der Waals surface area contributed by atoms with E-state index in [1.165, 1.54) is 18.2 Å². The Kier molecular flexibility index (Phi) is 6.83. The molecule has 4 rings (SSSR count). The highest BCUT2D eigenvalue weighted by atomic mass is 79.9. The number of esters is 1. The number of imide groups is 1. The number of carbonyl (C=O) groups excluding carboxylic acids is 4. The highest BCUT2D eigenvalue weighted by molar-refractivity contribution is 9.10. The summed E-state index contributed by atoms with van der Waals surface area (Å²) in [6.45, 7) is 2.03. The zero-order valence-electron chi connectivity index (χ0n) is 17.7. The monoisotopic (exact) mass is 534 g/mol. The standard InChI is InChI=1S/C23H20BrClN2O6/c1-12-18(7-6-17(24)20(12)25)26-19(28)11-33-23(31)13-4-5-15-16(9-13)22(30)27(21(15)29)10-14-3-2-8-32-14/h4-7,9,14H,2-3,8,10-11H2,1H3,(H,26,28)/t14-/m1/s1. The van der Waals surface area contributed by atoms with Gasteiger partial charge in [-0.1, -0.05) is 11.6 Å². The first-order chi connectivity index (χ1) is 15.8. The van der Waals surface area contributed by atoms with Gasteiger partial charge in [0.2, 0.25) is 0 Å². The van der Waals surface area contributed by atoms with E-state index in [1.807, 2.05) is 0 Å². The zero-order valence-corrected chi connectivity index (χ0v) is 20.0. The lowest BCUT2D eigenvalue weighted by molar-refractivity contribution is -0.119. The van der Waals surface area contributed by atoms with Gasteiger partial charge in [-0.15, -0.1) is 0 Å².